The highest BCUT2D eigenvalue weighted by molar-refractivity contribution is 6.44. The summed E-state index contributed by atoms with van der Waals surface area (Å²) in [5, 5.41) is 17.0. The maximum atomic E-state index is 12.4. The van der Waals surface area contributed by atoms with Gasteiger partial charge in [-0.2, -0.15) is 0 Å². The van der Waals surface area contributed by atoms with Crippen LogP contribution in [0.2, 0.25) is 21.4 Å². The van der Waals surface area contributed by atoms with E-state index in [2.05, 4.69) is 19.9 Å². The van der Waals surface area contributed by atoms with Crippen LogP contribution in [0, 0.1) is 0 Å². The molecular formula is C33H30BCl3N6O6. The van der Waals surface area contributed by atoms with Crippen molar-refractivity contribution in [3.05, 3.63) is 116 Å². The van der Waals surface area contributed by atoms with Crippen LogP contribution in [0.3, 0.4) is 0 Å². The predicted molar refractivity (Wildman–Crippen MR) is 182 cm³/mol. The van der Waals surface area contributed by atoms with E-state index in [0.29, 0.717) is 50.5 Å². The summed E-state index contributed by atoms with van der Waals surface area (Å²) < 4.78 is 0. The van der Waals surface area contributed by atoms with Crippen molar-refractivity contribution in [2.24, 2.45) is 0 Å². The number of carbonyl (C=O) groups is 4. The van der Waals surface area contributed by atoms with E-state index in [4.69, 9.17) is 44.9 Å². The summed E-state index contributed by atoms with van der Waals surface area (Å²) in [6, 6.07) is 16.6. The zero-order valence-electron chi connectivity index (χ0n) is 25.1. The van der Waals surface area contributed by atoms with Crippen molar-refractivity contribution in [1.29, 1.82) is 0 Å². The third-order valence-electron chi connectivity index (χ3n) is 7.87. The van der Waals surface area contributed by atoms with Gasteiger partial charge < -0.3 is 10.0 Å². The third-order valence-corrected chi connectivity index (χ3v) is 8.42. The van der Waals surface area contributed by atoms with Crippen LogP contribution in [0.25, 0.3) is 0 Å². The molecule has 8 rings (SSSR count). The Labute approximate surface area is 297 Å². The quantitative estimate of drug-likeness (QED) is 0.110. The molecule has 2 aromatic heterocycles. The Morgan fingerprint density at radius 2 is 1.04 bits per heavy atom. The lowest BCUT2D eigenvalue weighted by Crippen LogP contribution is -2.29. The molecule has 2 fully saturated rings. The summed E-state index contributed by atoms with van der Waals surface area (Å²) in [4.78, 5) is 67.7. The summed E-state index contributed by atoms with van der Waals surface area (Å²) in [5.41, 5.74) is 2.67. The Balaban J connectivity index is 0.000000161. The van der Waals surface area contributed by atoms with Gasteiger partial charge in [0.1, 0.15) is 16.1 Å². The number of halogens is 3. The normalized spacial score (nSPS) is 15.9. The van der Waals surface area contributed by atoms with Gasteiger partial charge in [0.05, 0.1) is 46.7 Å². The number of fused-ring (bicyclic) bond motifs is 2. The molecule has 2 aliphatic carbocycles. The number of rotatable bonds is 6. The Morgan fingerprint density at radius 1 is 0.633 bits per heavy atom. The molecule has 0 radical (unpaired) electrons. The van der Waals surface area contributed by atoms with E-state index in [1.54, 1.807) is 54.6 Å². The fourth-order valence-corrected chi connectivity index (χ4v) is 5.75. The second kappa shape index (κ2) is 15.1. The van der Waals surface area contributed by atoms with Crippen molar-refractivity contribution in [2.75, 3.05) is 0 Å². The lowest BCUT2D eigenvalue weighted by Gasteiger charge is -2.14. The fourth-order valence-electron chi connectivity index (χ4n) is 5.09. The number of nitrogens with zero attached hydrogens (tertiary/aromatic N) is 6. The van der Waals surface area contributed by atoms with Crippen LogP contribution in [0.4, 0.5) is 0 Å². The molecule has 0 saturated heterocycles. The molecule has 4 amide bonds. The molecule has 12 nitrogen and oxygen atoms in total. The minimum Gasteiger partial charge on any atom is -0.427 e. The highest BCUT2D eigenvalue weighted by atomic mass is 35.5. The molecule has 0 spiro atoms. The lowest BCUT2D eigenvalue weighted by molar-refractivity contribution is 0.0625. The van der Waals surface area contributed by atoms with Crippen LogP contribution in [-0.4, -0.2) is 70.5 Å². The Morgan fingerprint density at radius 3 is 1.39 bits per heavy atom. The van der Waals surface area contributed by atoms with Gasteiger partial charge in [-0.05, 0) is 66.7 Å². The van der Waals surface area contributed by atoms with Gasteiger partial charge in [0.2, 0.25) is 5.28 Å². The molecule has 4 heterocycles. The first kappa shape index (κ1) is 36.0. The van der Waals surface area contributed by atoms with Gasteiger partial charge in [0.25, 0.3) is 23.6 Å². The summed E-state index contributed by atoms with van der Waals surface area (Å²) in [6.07, 6.45) is 4.12. The first-order chi connectivity index (χ1) is 23.0. The molecule has 16 heteroatoms. The molecule has 4 aromatic rings. The van der Waals surface area contributed by atoms with E-state index in [1.165, 1.54) is 11.0 Å². The van der Waals surface area contributed by atoms with E-state index >= 15 is 0 Å². The number of hydrogen-bond donors (Lipinski definition) is 2. The van der Waals surface area contributed by atoms with Crippen LogP contribution in [0.1, 0.15) is 97.7 Å². The molecule has 2 N–H and O–H groups in total. The molecule has 252 valence electrons. The fraction of sp³-hybridized carbons (Fsp3) is 0.273. The van der Waals surface area contributed by atoms with Crippen molar-refractivity contribution in [2.45, 2.75) is 57.9 Å². The number of benzene rings is 2. The standard InChI is InChI=1S/C16H12ClN3O2.C13H7Cl2N3O2.C3H7BO2.CH4/c17-13-7-10(18-14(19-13)9-5-6-9)8-20-15(21)11-3-1-2-4-12(11)16(20)22;14-10-5-7(16-13(15)17-10)6-18-11(19)8-3-1-2-4-9(8)12(18)20;5-4(6)3-1-2-3;/h1-4,7,9H,5-6,8H2;1-5H,6H2;3,5-6H,1-2H2;1H4. The van der Waals surface area contributed by atoms with Crippen molar-refractivity contribution in [3.63, 3.8) is 0 Å². The number of amides is 4. The van der Waals surface area contributed by atoms with E-state index in [-0.39, 0.29) is 60.4 Å². The largest absolute Gasteiger partial charge is 0.454 e. The smallest absolute Gasteiger partial charge is 0.427 e. The number of imide groups is 2. The van der Waals surface area contributed by atoms with E-state index in [9.17, 15) is 19.2 Å². The molecule has 2 saturated carbocycles. The second-order valence-corrected chi connectivity index (χ2v) is 12.6. The van der Waals surface area contributed by atoms with Crippen molar-refractivity contribution >= 4 is 65.5 Å². The average molecular weight is 724 g/mol. The van der Waals surface area contributed by atoms with Gasteiger partial charge in [-0.1, -0.05) is 67.7 Å². The van der Waals surface area contributed by atoms with Gasteiger partial charge in [-0.15, -0.1) is 0 Å². The maximum absolute atomic E-state index is 12.4. The highest BCUT2D eigenvalue weighted by Crippen LogP contribution is 2.39. The summed E-state index contributed by atoms with van der Waals surface area (Å²) in [7, 11) is -1.04. The zero-order valence-corrected chi connectivity index (χ0v) is 27.4. The average Bonchev–Trinajstić information content (AvgIpc) is 3.99. The molecular weight excluding hydrogens is 694 g/mol. The first-order valence-electron chi connectivity index (χ1n) is 15.0. The summed E-state index contributed by atoms with van der Waals surface area (Å²) in [6.45, 7) is 0.128. The number of hydrogen-bond acceptors (Lipinski definition) is 10. The molecule has 0 bridgehead atoms. The zero-order chi connectivity index (χ0) is 34.1. The van der Waals surface area contributed by atoms with Gasteiger partial charge in [0.15, 0.2) is 0 Å². The van der Waals surface area contributed by atoms with Crippen LogP contribution < -0.4 is 0 Å². The Kier molecular flexibility index (Phi) is 11.1. The SMILES string of the molecule is C.O=C1c2ccccc2C(=O)N1Cc1cc(Cl)nc(C2CC2)n1.O=C1c2ccccc2C(=O)N1Cc1cc(Cl)nc(Cl)n1.OB(O)C1CC1. The highest BCUT2D eigenvalue weighted by Gasteiger charge is 2.37. The Hall–Kier alpha value is -4.27. The molecule has 2 aromatic carbocycles. The van der Waals surface area contributed by atoms with Gasteiger partial charge in [0, 0.05) is 5.92 Å². The topological polar surface area (TPSA) is 167 Å². The van der Waals surface area contributed by atoms with Crippen LogP contribution in [-0.2, 0) is 13.1 Å². The van der Waals surface area contributed by atoms with Gasteiger partial charge >= 0.3 is 7.12 Å². The van der Waals surface area contributed by atoms with E-state index in [0.717, 1.165) is 30.6 Å². The summed E-state index contributed by atoms with van der Waals surface area (Å²) >= 11 is 17.5. The van der Waals surface area contributed by atoms with Crippen LogP contribution in [0.15, 0.2) is 60.7 Å². The summed E-state index contributed by atoms with van der Waals surface area (Å²) in [5.74, 6) is 0.00302. The molecule has 4 aliphatic rings. The van der Waals surface area contributed by atoms with Crippen molar-refractivity contribution in [3.8, 4) is 0 Å². The number of aromatic nitrogens is 4. The van der Waals surface area contributed by atoms with Gasteiger partial charge in [-0.25, -0.2) is 19.9 Å². The lowest BCUT2D eigenvalue weighted by atomic mass is 9.84. The predicted octanol–water partition coefficient (Wildman–Crippen LogP) is 5.64. The minimum atomic E-state index is -1.04. The van der Waals surface area contributed by atoms with Gasteiger partial charge in [-0.3, -0.25) is 29.0 Å². The molecule has 0 unspecified atom stereocenters. The first-order valence-corrected chi connectivity index (χ1v) is 16.1. The second-order valence-electron chi connectivity index (χ2n) is 11.5. The molecule has 2 aliphatic heterocycles. The van der Waals surface area contributed by atoms with Crippen molar-refractivity contribution in [1.82, 2.24) is 29.7 Å². The number of carbonyl (C=O) groups excluding carboxylic acids is 4. The molecule has 0 atom stereocenters. The monoisotopic (exact) mass is 722 g/mol. The van der Waals surface area contributed by atoms with E-state index < -0.39 is 7.12 Å². The Bertz CT molecular complexity index is 1850. The van der Waals surface area contributed by atoms with Crippen molar-refractivity contribution < 1.29 is 29.2 Å². The van der Waals surface area contributed by atoms with Crippen LogP contribution in [0.5, 0.6) is 0 Å². The van der Waals surface area contributed by atoms with E-state index in [1.807, 2.05) is 0 Å². The maximum Gasteiger partial charge on any atom is 0.454 e. The minimum absolute atomic E-state index is 0. The third kappa shape index (κ3) is 8.31. The van der Waals surface area contributed by atoms with Crippen LogP contribution >= 0.6 is 34.8 Å². The molecule has 49 heavy (non-hydrogen) atoms.